The van der Waals surface area contributed by atoms with E-state index in [-0.39, 0.29) is 35.9 Å². The van der Waals surface area contributed by atoms with E-state index in [1.807, 2.05) is 34.6 Å². The Morgan fingerprint density at radius 3 is 2.32 bits per heavy atom. The first-order valence-electron chi connectivity index (χ1n) is 9.06. The molecule has 0 saturated heterocycles. The van der Waals surface area contributed by atoms with Gasteiger partial charge in [0.25, 0.3) is 0 Å². The highest BCUT2D eigenvalue weighted by Crippen LogP contribution is 2.14. The summed E-state index contributed by atoms with van der Waals surface area (Å²) in [6.07, 6.45) is 0.932. The van der Waals surface area contributed by atoms with Crippen molar-refractivity contribution in [3.8, 4) is 0 Å². The number of carbonyl (C=O) groups is 2. The van der Waals surface area contributed by atoms with Gasteiger partial charge in [-0.2, -0.15) is 0 Å². The standard InChI is InChI=1S/C18H37N3O4/c1-13(2)21-16(15(4)22)11-17(23)20-8-10-25-18(5,6)7-9-24-14(3)12-19/h13-14,16,21H,7-12,19H2,1-6H3,(H,20,23). The van der Waals surface area contributed by atoms with E-state index in [0.717, 1.165) is 6.42 Å². The average molecular weight is 360 g/mol. The van der Waals surface area contributed by atoms with Crippen LogP contribution in [0.3, 0.4) is 0 Å². The molecule has 25 heavy (non-hydrogen) atoms. The van der Waals surface area contributed by atoms with Gasteiger partial charge in [0.1, 0.15) is 5.78 Å². The minimum Gasteiger partial charge on any atom is -0.377 e. The van der Waals surface area contributed by atoms with Gasteiger partial charge in [-0.05, 0) is 34.1 Å². The molecule has 0 spiro atoms. The van der Waals surface area contributed by atoms with Crippen LogP contribution in [-0.4, -0.2) is 61.8 Å². The molecule has 2 unspecified atom stereocenters. The predicted octanol–water partition coefficient (Wildman–Crippen LogP) is 0.997. The zero-order chi connectivity index (χ0) is 19.5. The van der Waals surface area contributed by atoms with Crippen molar-refractivity contribution in [3.05, 3.63) is 0 Å². The van der Waals surface area contributed by atoms with Crippen LogP contribution in [0, 0.1) is 0 Å². The van der Waals surface area contributed by atoms with Crippen molar-refractivity contribution >= 4 is 11.7 Å². The summed E-state index contributed by atoms with van der Waals surface area (Å²) in [4.78, 5) is 23.5. The molecule has 7 nitrogen and oxygen atoms in total. The van der Waals surface area contributed by atoms with Gasteiger partial charge in [0.2, 0.25) is 5.91 Å². The van der Waals surface area contributed by atoms with Gasteiger partial charge >= 0.3 is 0 Å². The Hall–Kier alpha value is -1.02. The molecular formula is C18H37N3O4. The molecule has 0 aliphatic carbocycles. The van der Waals surface area contributed by atoms with Gasteiger partial charge in [0, 0.05) is 32.2 Å². The Morgan fingerprint density at radius 2 is 1.80 bits per heavy atom. The third-order valence-electron chi connectivity index (χ3n) is 3.77. The molecule has 0 radical (unpaired) electrons. The van der Waals surface area contributed by atoms with Crippen LogP contribution in [0.4, 0.5) is 0 Å². The van der Waals surface area contributed by atoms with E-state index in [2.05, 4.69) is 10.6 Å². The number of nitrogens with two attached hydrogens (primary N) is 1. The van der Waals surface area contributed by atoms with Gasteiger partial charge in [-0.25, -0.2) is 0 Å². The van der Waals surface area contributed by atoms with Crippen LogP contribution < -0.4 is 16.4 Å². The van der Waals surface area contributed by atoms with Gasteiger partial charge in [-0.3, -0.25) is 9.59 Å². The van der Waals surface area contributed by atoms with Crippen molar-refractivity contribution in [2.75, 3.05) is 26.3 Å². The smallest absolute Gasteiger partial charge is 0.222 e. The van der Waals surface area contributed by atoms with Crippen LogP contribution in [0.1, 0.15) is 54.4 Å². The van der Waals surface area contributed by atoms with Crippen molar-refractivity contribution in [3.63, 3.8) is 0 Å². The molecule has 0 heterocycles. The zero-order valence-corrected chi connectivity index (χ0v) is 16.7. The van der Waals surface area contributed by atoms with Crippen LogP contribution in [0.2, 0.25) is 0 Å². The van der Waals surface area contributed by atoms with Gasteiger partial charge in [-0.15, -0.1) is 0 Å². The minimum absolute atomic E-state index is 0.0343. The van der Waals surface area contributed by atoms with Crippen LogP contribution >= 0.6 is 0 Å². The second-order valence-corrected chi connectivity index (χ2v) is 7.31. The Balaban J connectivity index is 4.01. The van der Waals surface area contributed by atoms with Gasteiger partial charge in [-0.1, -0.05) is 13.8 Å². The van der Waals surface area contributed by atoms with E-state index in [9.17, 15) is 9.59 Å². The highest BCUT2D eigenvalue weighted by Gasteiger charge is 2.20. The molecule has 0 aromatic rings. The number of nitrogens with one attached hydrogen (secondary N) is 2. The van der Waals surface area contributed by atoms with E-state index < -0.39 is 6.04 Å². The lowest BCUT2D eigenvalue weighted by molar-refractivity contribution is -0.126. The number of hydrogen-bond donors (Lipinski definition) is 3. The number of Topliss-reactive ketones (excluding diaryl/α,β-unsaturated/α-hetero) is 1. The van der Waals surface area contributed by atoms with Gasteiger partial charge in [0.15, 0.2) is 0 Å². The highest BCUT2D eigenvalue weighted by atomic mass is 16.5. The van der Waals surface area contributed by atoms with E-state index in [4.69, 9.17) is 15.2 Å². The topological polar surface area (TPSA) is 103 Å². The monoisotopic (exact) mass is 359 g/mol. The molecule has 0 aromatic carbocycles. The summed E-state index contributed by atoms with van der Waals surface area (Å²) >= 11 is 0. The Bertz CT molecular complexity index is 400. The van der Waals surface area contributed by atoms with Crippen molar-refractivity contribution in [2.45, 2.75) is 78.2 Å². The summed E-state index contributed by atoms with van der Waals surface area (Å²) in [6, 6.07) is -0.297. The first kappa shape index (κ1) is 24.0. The zero-order valence-electron chi connectivity index (χ0n) is 16.7. The molecule has 148 valence electrons. The Kier molecular flexibility index (Phi) is 11.8. The third-order valence-corrected chi connectivity index (χ3v) is 3.77. The maximum Gasteiger partial charge on any atom is 0.222 e. The first-order valence-corrected chi connectivity index (χ1v) is 9.06. The van der Waals surface area contributed by atoms with Crippen molar-refractivity contribution < 1.29 is 19.1 Å². The predicted molar refractivity (Wildman–Crippen MR) is 99.5 cm³/mol. The molecule has 0 aliphatic heterocycles. The number of ether oxygens (including phenoxy) is 2. The number of rotatable bonds is 14. The fourth-order valence-electron chi connectivity index (χ4n) is 2.14. The third kappa shape index (κ3) is 12.9. The molecule has 7 heteroatoms. The molecular weight excluding hydrogens is 322 g/mol. The van der Waals surface area contributed by atoms with Crippen molar-refractivity contribution in [2.24, 2.45) is 5.73 Å². The second-order valence-electron chi connectivity index (χ2n) is 7.31. The summed E-state index contributed by atoms with van der Waals surface area (Å²) in [5, 5.41) is 5.89. The summed E-state index contributed by atoms with van der Waals surface area (Å²) in [6.45, 7) is 13.2. The average Bonchev–Trinajstić information content (AvgIpc) is 2.50. The summed E-state index contributed by atoms with van der Waals surface area (Å²) < 4.78 is 11.4. The number of hydrogen-bond acceptors (Lipinski definition) is 6. The molecule has 0 aliphatic rings. The second kappa shape index (κ2) is 12.4. The minimum atomic E-state index is -0.445. The fourth-order valence-corrected chi connectivity index (χ4v) is 2.14. The molecule has 0 aromatic heterocycles. The highest BCUT2D eigenvalue weighted by molar-refractivity contribution is 5.88. The number of carbonyl (C=O) groups excluding carboxylic acids is 2. The van der Waals surface area contributed by atoms with E-state index in [1.165, 1.54) is 6.92 Å². The quantitative estimate of drug-likeness (QED) is 0.400. The summed E-state index contributed by atoms with van der Waals surface area (Å²) in [5.41, 5.74) is 5.17. The fraction of sp³-hybridized carbons (Fsp3) is 0.889. The van der Waals surface area contributed by atoms with Crippen LogP contribution in [-0.2, 0) is 19.1 Å². The normalized spacial score (nSPS) is 14.4. The maximum atomic E-state index is 12.0. The van der Waals surface area contributed by atoms with Crippen LogP contribution in [0.15, 0.2) is 0 Å². The largest absolute Gasteiger partial charge is 0.377 e. The van der Waals surface area contributed by atoms with Crippen LogP contribution in [0.25, 0.3) is 0 Å². The lowest BCUT2D eigenvalue weighted by Crippen LogP contribution is -2.44. The summed E-state index contributed by atoms with van der Waals surface area (Å²) in [7, 11) is 0. The van der Waals surface area contributed by atoms with E-state index in [0.29, 0.717) is 26.3 Å². The van der Waals surface area contributed by atoms with E-state index >= 15 is 0 Å². The molecule has 4 N–H and O–H groups in total. The lowest BCUT2D eigenvalue weighted by Gasteiger charge is -2.26. The SMILES string of the molecule is CC(=O)C(CC(=O)NCCOC(C)(C)CCOC(C)CN)NC(C)C. The summed E-state index contributed by atoms with van der Waals surface area (Å²) in [5.74, 6) is -0.192. The maximum absolute atomic E-state index is 12.0. The van der Waals surface area contributed by atoms with Gasteiger partial charge < -0.3 is 25.8 Å². The Morgan fingerprint density at radius 1 is 1.16 bits per heavy atom. The number of amides is 1. The first-order chi connectivity index (χ1) is 11.6. The molecule has 0 fully saturated rings. The molecule has 1 amide bonds. The number of ketones is 1. The molecule has 0 rings (SSSR count). The Labute approximate surface area is 152 Å². The van der Waals surface area contributed by atoms with Crippen molar-refractivity contribution in [1.82, 2.24) is 10.6 Å². The molecule has 0 bridgehead atoms. The van der Waals surface area contributed by atoms with Crippen LogP contribution in [0.5, 0.6) is 0 Å². The van der Waals surface area contributed by atoms with Gasteiger partial charge in [0.05, 0.1) is 24.4 Å². The molecule has 0 saturated carbocycles. The lowest BCUT2D eigenvalue weighted by atomic mass is 10.1. The van der Waals surface area contributed by atoms with Crippen molar-refractivity contribution in [1.29, 1.82) is 0 Å². The van der Waals surface area contributed by atoms with E-state index in [1.54, 1.807) is 0 Å². The molecule has 2 atom stereocenters.